The lowest BCUT2D eigenvalue weighted by molar-refractivity contribution is -0.138. The van der Waals surface area contributed by atoms with Crippen LogP contribution in [0, 0.1) is 5.92 Å². The monoisotopic (exact) mass is 327 g/mol. The summed E-state index contributed by atoms with van der Waals surface area (Å²) in [4.78, 5) is 12.9. The van der Waals surface area contributed by atoms with Crippen molar-refractivity contribution < 1.29 is 14.6 Å². The third-order valence-electron chi connectivity index (χ3n) is 3.32. The van der Waals surface area contributed by atoms with Crippen LogP contribution < -0.4 is 4.74 Å². The normalized spacial score (nSPS) is 19.5. The molecule has 4 nitrogen and oxygen atoms in total. The number of aliphatic carboxylic acids is 1. The van der Waals surface area contributed by atoms with Gasteiger partial charge in [-0.15, -0.1) is 0 Å². The lowest BCUT2D eigenvalue weighted by Crippen LogP contribution is -2.26. The van der Waals surface area contributed by atoms with Crippen molar-refractivity contribution in [3.05, 3.63) is 28.7 Å². The van der Waals surface area contributed by atoms with E-state index in [0.29, 0.717) is 12.5 Å². The highest BCUT2D eigenvalue weighted by molar-refractivity contribution is 9.10. The Bertz CT molecular complexity index is 421. The Kier molecular flexibility index (Phi) is 5.22. The average molecular weight is 328 g/mol. The lowest BCUT2D eigenvalue weighted by Gasteiger charge is -2.16. The Morgan fingerprint density at radius 2 is 2.16 bits per heavy atom. The van der Waals surface area contributed by atoms with Gasteiger partial charge in [0, 0.05) is 24.0 Å². The molecule has 1 saturated heterocycles. The van der Waals surface area contributed by atoms with Gasteiger partial charge in [-0.3, -0.25) is 9.69 Å². The molecule has 1 heterocycles. The molecule has 1 aliphatic heterocycles. The van der Waals surface area contributed by atoms with Crippen molar-refractivity contribution in [2.24, 2.45) is 5.92 Å². The van der Waals surface area contributed by atoms with Crippen molar-refractivity contribution in [1.29, 1.82) is 0 Å². The fourth-order valence-corrected chi connectivity index (χ4v) is 2.62. The number of ether oxygens (including phenoxy) is 1. The third kappa shape index (κ3) is 4.84. The van der Waals surface area contributed by atoms with Crippen LogP contribution in [-0.2, 0) is 4.79 Å². The molecule has 5 heteroatoms. The van der Waals surface area contributed by atoms with E-state index in [4.69, 9.17) is 9.84 Å². The first-order valence-electron chi connectivity index (χ1n) is 6.46. The highest BCUT2D eigenvalue weighted by Crippen LogP contribution is 2.20. The van der Waals surface area contributed by atoms with Gasteiger partial charge < -0.3 is 9.84 Å². The number of halogens is 1. The number of hydrogen-bond acceptors (Lipinski definition) is 3. The smallest absolute Gasteiger partial charge is 0.303 e. The van der Waals surface area contributed by atoms with E-state index in [-0.39, 0.29) is 6.42 Å². The highest BCUT2D eigenvalue weighted by atomic mass is 79.9. The summed E-state index contributed by atoms with van der Waals surface area (Å²) in [7, 11) is 0. The van der Waals surface area contributed by atoms with Gasteiger partial charge in [0.05, 0.1) is 0 Å². The molecule has 0 amide bonds. The van der Waals surface area contributed by atoms with Crippen LogP contribution in [0.1, 0.15) is 12.8 Å². The minimum Gasteiger partial charge on any atom is -0.492 e. The Morgan fingerprint density at radius 3 is 2.84 bits per heavy atom. The molecular weight excluding hydrogens is 310 g/mol. The summed E-state index contributed by atoms with van der Waals surface area (Å²) in [6.07, 6.45) is 1.26. The van der Waals surface area contributed by atoms with Crippen LogP contribution in [-0.4, -0.2) is 42.2 Å². The largest absolute Gasteiger partial charge is 0.492 e. The molecule has 0 bridgehead atoms. The van der Waals surface area contributed by atoms with E-state index in [9.17, 15) is 4.79 Å². The van der Waals surface area contributed by atoms with Crippen LogP contribution in [0.2, 0.25) is 0 Å². The van der Waals surface area contributed by atoms with Crippen molar-refractivity contribution in [3.8, 4) is 5.75 Å². The molecule has 2 rings (SSSR count). The van der Waals surface area contributed by atoms with E-state index < -0.39 is 5.97 Å². The van der Waals surface area contributed by atoms with Gasteiger partial charge in [-0.05, 0) is 43.1 Å². The van der Waals surface area contributed by atoms with Gasteiger partial charge >= 0.3 is 5.97 Å². The maximum absolute atomic E-state index is 10.6. The van der Waals surface area contributed by atoms with Crippen LogP contribution in [0.25, 0.3) is 0 Å². The number of carboxylic acids is 1. The molecule has 1 unspecified atom stereocenters. The van der Waals surface area contributed by atoms with Gasteiger partial charge in [-0.2, -0.15) is 0 Å². The number of hydrogen-bond donors (Lipinski definition) is 1. The molecule has 0 radical (unpaired) electrons. The number of rotatable bonds is 6. The van der Waals surface area contributed by atoms with Crippen molar-refractivity contribution in [2.45, 2.75) is 12.8 Å². The predicted molar refractivity (Wildman–Crippen MR) is 76.4 cm³/mol. The number of carboxylic acid groups (broad SMARTS) is 1. The van der Waals surface area contributed by atoms with Gasteiger partial charge in [0.15, 0.2) is 0 Å². The van der Waals surface area contributed by atoms with Gasteiger partial charge in [0.2, 0.25) is 0 Å². The zero-order chi connectivity index (χ0) is 13.7. The van der Waals surface area contributed by atoms with Crippen LogP contribution in [0.15, 0.2) is 28.7 Å². The molecule has 104 valence electrons. The second kappa shape index (κ2) is 6.91. The zero-order valence-electron chi connectivity index (χ0n) is 10.7. The van der Waals surface area contributed by atoms with Crippen LogP contribution in [0.5, 0.6) is 5.75 Å². The van der Waals surface area contributed by atoms with E-state index in [1.165, 1.54) is 0 Å². The minimum atomic E-state index is -0.696. The number of likely N-dealkylation sites (tertiary alicyclic amines) is 1. The second-order valence-corrected chi connectivity index (χ2v) is 5.77. The van der Waals surface area contributed by atoms with Crippen molar-refractivity contribution in [1.82, 2.24) is 4.90 Å². The summed E-state index contributed by atoms with van der Waals surface area (Å²) in [6.45, 7) is 3.34. The van der Waals surface area contributed by atoms with E-state index in [0.717, 1.165) is 36.3 Å². The number of benzene rings is 1. The number of nitrogens with zero attached hydrogens (tertiary/aromatic N) is 1. The Hall–Kier alpha value is -1.07. The molecule has 1 aromatic rings. The standard InChI is InChI=1S/C14H18BrNO3/c15-12-1-3-13(4-2-12)19-8-7-16-6-5-11(10-16)9-14(17)18/h1-4,11H,5-10H2,(H,17,18). The summed E-state index contributed by atoms with van der Waals surface area (Å²) < 4.78 is 6.70. The topological polar surface area (TPSA) is 49.8 Å². The van der Waals surface area contributed by atoms with Crippen LogP contribution in [0.4, 0.5) is 0 Å². The van der Waals surface area contributed by atoms with E-state index in [2.05, 4.69) is 20.8 Å². The van der Waals surface area contributed by atoms with Gasteiger partial charge in [-0.25, -0.2) is 0 Å². The Balaban J connectivity index is 1.66. The molecule has 1 atom stereocenters. The molecule has 0 spiro atoms. The van der Waals surface area contributed by atoms with E-state index in [1.54, 1.807) is 0 Å². The maximum Gasteiger partial charge on any atom is 0.303 e. The first-order valence-corrected chi connectivity index (χ1v) is 7.25. The maximum atomic E-state index is 10.6. The lowest BCUT2D eigenvalue weighted by atomic mass is 10.1. The van der Waals surface area contributed by atoms with Crippen molar-refractivity contribution in [3.63, 3.8) is 0 Å². The van der Waals surface area contributed by atoms with E-state index >= 15 is 0 Å². The highest BCUT2D eigenvalue weighted by Gasteiger charge is 2.23. The first kappa shape index (κ1) is 14.3. The zero-order valence-corrected chi connectivity index (χ0v) is 12.3. The second-order valence-electron chi connectivity index (χ2n) is 4.86. The molecule has 1 aliphatic rings. The molecule has 1 N–H and O–H groups in total. The average Bonchev–Trinajstić information content (AvgIpc) is 2.78. The third-order valence-corrected chi connectivity index (χ3v) is 3.85. The van der Waals surface area contributed by atoms with Crippen molar-refractivity contribution in [2.75, 3.05) is 26.2 Å². The van der Waals surface area contributed by atoms with E-state index in [1.807, 2.05) is 24.3 Å². The summed E-state index contributed by atoms with van der Waals surface area (Å²) in [5, 5.41) is 8.76. The van der Waals surface area contributed by atoms with Crippen molar-refractivity contribution >= 4 is 21.9 Å². The molecule has 0 saturated carbocycles. The Labute approximate surface area is 121 Å². The summed E-state index contributed by atoms with van der Waals surface area (Å²) in [6, 6.07) is 7.77. The number of carbonyl (C=O) groups is 1. The van der Waals surface area contributed by atoms with Gasteiger partial charge in [-0.1, -0.05) is 15.9 Å². The molecular formula is C14H18BrNO3. The quantitative estimate of drug-likeness (QED) is 0.872. The van der Waals surface area contributed by atoms with Gasteiger partial charge in [0.1, 0.15) is 12.4 Å². The van der Waals surface area contributed by atoms with Crippen LogP contribution in [0.3, 0.4) is 0 Å². The van der Waals surface area contributed by atoms with Gasteiger partial charge in [0.25, 0.3) is 0 Å². The summed E-state index contributed by atoms with van der Waals surface area (Å²) in [5.41, 5.74) is 0. The molecule has 19 heavy (non-hydrogen) atoms. The molecule has 0 aromatic heterocycles. The SMILES string of the molecule is O=C(O)CC1CCN(CCOc2ccc(Br)cc2)C1. The first-order chi connectivity index (χ1) is 9.13. The molecule has 1 aromatic carbocycles. The Morgan fingerprint density at radius 1 is 1.42 bits per heavy atom. The van der Waals surface area contributed by atoms with Crippen LogP contribution >= 0.6 is 15.9 Å². The fourth-order valence-electron chi connectivity index (χ4n) is 2.35. The summed E-state index contributed by atoms with van der Waals surface area (Å²) >= 11 is 3.38. The minimum absolute atomic E-state index is 0.282. The molecule has 0 aliphatic carbocycles. The predicted octanol–water partition coefficient (Wildman–Crippen LogP) is 2.62. The fraction of sp³-hybridized carbons (Fsp3) is 0.500. The molecule has 1 fully saturated rings. The summed E-state index contributed by atoms with van der Waals surface area (Å²) in [5.74, 6) is 0.465.